The molecule has 0 amide bonds. The normalized spacial score (nSPS) is 19.4. The fraction of sp³-hybridized carbons (Fsp3) is 0.600. The molecular weight excluding hydrogens is 244 g/mol. The van der Waals surface area contributed by atoms with Crippen molar-refractivity contribution in [3.05, 3.63) is 34.9 Å². The lowest BCUT2D eigenvalue weighted by atomic mass is 10.0. The van der Waals surface area contributed by atoms with Crippen LogP contribution in [0.15, 0.2) is 24.3 Å². The highest BCUT2D eigenvalue weighted by molar-refractivity contribution is 6.30. The number of likely N-dealkylation sites (tertiary alicyclic amines) is 1. The second-order valence-electron chi connectivity index (χ2n) is 5.09. The number of hydrogen-bond acceptors (Lipinski definition) is 2. The largest absolute Gasteiger partial charge is 0.330 e. The molecule has 0 saturated carbocycles. The lowest BCUT2D eigenvalue weighted by Crippen LogP contribution is -2.31. The van der Waals surface area contributed by atoms with Crippen LogP contribution in [0.5, 0.6) is 0 Å². The minimum absolute atomic E-state index is 0.463. The molecule has 1 aromatic rings. The molecule has 2 nitrogen and oxygen atoms in total. The van der Waals surface area contributed by atoms with Crippen molar-refractivity contribution in [2.45, 2.75) is 38.1 Å². The maximum Gasteiger partial charge on any atom is 0.0406 e. The molecule has 0 aliphatic carbocycles. The Balaban J connectivity index is 2.12. The van der Waals surface area contributed by atoms with Crippen LogP contribution in [0.3, 0.4) is 0 Å². The Labute approximate surface area is 115 Å². The third kappa shape index (κ3) is 3.71. The van der Waals surface area contributed by atoms with Crippen LogP contribution in [0.1, 0.15) is 43.7 Å². The minimum atomic E-state index is 0.463. The maximum atomic E-state index is 5.97. The highest BCUT2D eigenvalue weighted by Crippen LogP contribution is 2.27. The Kier molecular flexibility index (Phi) is 5.48. The molecule has 1 atom stereocenters. The predicted molar refractivity (Wildman–Crippen MR) is 77.9 cm³/mol. The number of nitrogens with two attached hydrogens (primary N) is 1. The summed E-state index contributed by atoms with van der Waals surface area (Å²) in [7, 11) is 0. The van der Waals surface area contributed by atoms with E-state index in [0.29, 0.717) is 6.04 Å². The smallest absolute Gasteiger partial charge is 0.0406 e. The van der Waals surface area contributed by atoms with Gasteiger partial charge < -0.3 is 5.73 Å². The molecule has 0 radical (unpaired) electrons. The molecular formula is C15H23ClN2. The van der Waals surface area contributed by atoms with E-state index in [4.69, 9.17) is 17.3 Å². The van der Waals surface area contributed by atoms with Gasteiger partial charge in [0.1, 0.15) is 0 Å². The van der Waals surface area contributed by atoms with E-state index in [1.165, 1.54) is 44.3 Å². The van der Waals surface area contributed by atoms with Gasteiger partial charge in [0, 0.05) is 11.1 Å². The first kappa shape index (κ1) is 13.9. The van der Waals surface area contributed by atoms with E-state index in [1.54, 1.807) is 0 Å². The lowest BCUT2D eigenvalue weighted by molar-refractivity contribution is 0.197. The molecule has 18 heavy (non-hydrogen) atoms. The van der Waals surface area contributed by atoms with Crippen molar-refractivity contribution in [2.75, 3.05) is 19.6 Å². The minimum Gasteiger partial charge on any atom is -0.330 e. The van der Waals surface area contributed by atoms with Crippen LogP contribution in [0.2, 0.25) is 5.02 Å². The van der Waals surface area contributed by atoms with Crippen molar-refractivity contribution in [3.63, 3.8) is 0 Å². The fourth-order valence-electron chi connectivity index (χ4n) is 2.81. The number of nitrogens with zero attached hydrogens (tertiary/aromatic N) is 1. The summed E-state index contributed by atoms with van der Waals surface area (Å²) in [4.78, 5) is 2.60. The average Bonchev–Trinajstić information content (AvgIpc) is 2.66. The zero-order chi connectivity index (χ0) is 12.8. The van der Waals surface area contributed by atoms with E-state index in [9.17, 15) is 0 Å². The van der Waals surface area contributed by atoms with Crippen molar-refractivity contribution < 1.29 is 0 Å². The highest BCUT2D eigenvalue weighted by atomic mass is 35.5. The third-order valence-corrected chi connectivity index (χ3v) is 4.03. The number of hydrogen-bond donors (Lipinski definition) is 1. The summed E-state index contributed by atoms with van der Waals surface area (Å²) in [6.07, 6.45) is 6.39. The van der Waals surface area contributed by atoms with Crippen molar-refractivity contribution in [1.82, 2.24) is 4.90 Å². The Bertz CT molecular complexity index is 342. The van der Waals surface area contributed by atoms with E-state index < -0.39 is 0 Å². The van der Waals surface area contributed by atoms with Crippen molar-refractivity contribution >= 4 is 11.6 Å². The summed E-state index contributed by atoms with van der Waals surface area (Å²) in [5.74, 6) is 0. The van der Waals surface area contributed by atoms with Crippen LogP contribution in [0.25, 0.3) is 0 Å². The summed E-state index contributed by atoms with van der Waals surface area (Å²) in [5.41, 5.74) is 7.14. The van der Waals surface area contributed by atoms with Gasteiger partial charge in [-0.05, 0) is 56.6 Å². The molecule has 0 aromatic heterocycles. The first-order chi connectivity index (χ1) is 8.81. The zero-order valence-electron chi connectivity index (χ0n) is 10.9. The van der Waals surface area contributed by atoms with Gasteiger partial charge in [-0.25, -0.2) is 0 Å². The molecule has 0 spiro atoms. The number of rotatable bonds is 4. The van der Waals surface area contributed by atoms with Gasteiger partial charge in [0.15, 0.2) is 0 Å². The summed E-state index contributed by atoms with van der Waals surface area (Å²) in [5, 5.41) is 0.807. The maximum absolute atomic E-state index is 5.97. The quantitative estimate of drug-likeness (QED) is 0.902. The fourth-order valence-corrected chi connectivity index (χ4v) is 2.94. The molecule has 1 saturated heterocycles. The SMILES string of the molecule is NCCC(c1ccc(Cl)cc1)N1CCCCCC1. The number of benzene rings is 1. The summed E-state index contributed by atoms with van der Waals surface area (Å²) in [6, 6.07) is 8.72. The topological polar surface area (TPSA) is 29.3 Å². The van der Waals surface area contributed by atoms with Crippen molar-refractivity contribution in [1.29, 1.82) is 0 Å². The molecule has 1 aliphatic heterocycles. The van der Waals surface area contributed by atoms with Gasteiger partial charge >= 0.3 is 0 Å². The van der Waals surface area contributed by atoms with Crippen LogP contribution in [0, 0.1) is 0 Å². The Hall–Kier alpha value is -0.570. The van der Waals surface area contributed by atoms with E-state index in [2.05, 4.69) is 17.0 Å². The second-order valence-corrected chi connectivity index (χ2v) is 5.53. The van der Waals surface area contributed by atoms with Gasteiger partial charge in [-0.1, -0.05) is 36.6 Å². The molecule has 100 valence electrons. The molecule has 3 heteroatoms. The monoisotopic (exact) mass is 266 g/mol. The lowest BCUT2D eigenvalue weighted by Gasteiger charge is -2.31. The number of halogens is 1. The molecule has 2 N–H and O–H groups in total. The highest BCUT2D eigenvalue weighted by Gasteiger charge is 2.20. The van der Waals surface area contributed by atoms with Gasteiger partial charge in [0.05, 0.1) is 0 Å². The van der Waals surface area contributed by atoms with Crippen LogP contribution in [-0.2, 0) is 0 Å². The standard InChI is InChI=1S/C15H23ClN2/c16-14-7-5-13(6-8-14)15(9-10-17)18-11-3-1-2-4-12-18/h5-8,15H,1-4,9-12,17H2. The van der Waals surface area contributed by atoms with E-state index >= 15 is 0 Å². The first-order valence-corrected chi connectivity index (χ1v) is 7.38. The first-order valence-electron chi connectivity index (χ1n) is 7.01. The molecule has 2 rings (SSSR count). The van der Waals surface area contributed by atoms with Gasteiger partial charge in [-0.3, -0.25) is 4.90 Å². The predicted octanol–water partition coefficient (Wildman–Crippen LogP) is 3.61. The Morgan fingerprint density at radius 3 is 2.22 bits per heavy atom. The van der Waals surface area contributed by atoms with Crippen molar-refractivity contribution in [3.8, 4) is 0 Å². The van der Waals surface area contributed by atoms with E-state index in [0.717, 1.165) is 18.0 Å². The van der Waals surface area contributed by atoms with Gasteiger partial charge in [0.2, 0.25) is 0 Å². The van der Waals surface area contributed by atoms with Gasteiger partial charge in [0.25, 0.3) is 0 Å². The molecule has 1 aromatic carbocycles. The van der Waals surface area contributed by atoms with E-state index in [-0.39, 0.29) is 0 Å². The Morgan fingerprint density at radius 1 is 1.06 bits per heavy atom. The molecule has 1 fully saturated rings. The van der Waals surface area contributed by atoms with Gasteiger partial charge in [-0.2, -0.15) is 0 Å². The van der Waals surface area contributed by atoms with Crippen LogP contribution in [-0.4, -0.2) is 24.5 Å². The summed E-state index contributed by atoms with van der Waals surface area (Å²) in [6.45, 7) is 3.14. The molecule has 1 unspecified atom stereocenters. The zero-order valence-corrected chi connectivity index (χ0v) is 11.7. The third-order valence-electron chi connectivity index (χ3n) is 3.78. The van der Waals surface area contributed by atoms with E-state index in [1.807, 2.05) is 12.1 Å². The Morgan fingerprint density at radius 2 is 1.67 bits per heavy atom. The van der Waals surface area contributed by atoms with Crippen LogP contribution in [0.4, 0.5) is 0 Å². The average molecular weight is 267 g/mol. The van der Waals surface area contributed by atoms with Crippen molar-refractivity contribution in [2.24, 2.45) is 5.73 Å². The second kappa shape index (κ2) is 7.13. The molecule has 1 aliphatic rings. The van der Waals surface area contributed by atoms with Crippen LogP contribution < -0.4 is 5.73 Å². The van der Waals surface area contributed by atoms with Crippen LogP contribution >= 0.6 is 11.6 Å². The summed E-state index contributed by atoms with van der Waals surface area (Å²) >= 11 is 5.97. The molecule has 0 bridgehead atoms. The molecule has 1 heterocycles. The van der Waals surface area contributed by atoms with Gasteiger partial charge in [-0.15, -0.1) is 0 Å². The summed E-state index contributed by atoms with van der Waals surface area (Å²) < 4.78 is 0.